The number of anilines is 1. The fraction of sp³-hybridized carbons (Fsp3) is 0.571. The third kappa shape index (κ3) is 6.04. The highest BCUT2D eigenvalue weighted by atomic mass is 16.8. The number of hydrogen-bond donors (Lipinski definition) is 2. The first kappa shape index (κ1) is 28.2. The molecule has 2 fully saturated rings. The van der Waals surface area contributed by atoms with Crippen LogP contribution in [0.1, 0.15) is 52.0 Å². The minimum Gasteiger partial charge on any atom is -0.448 e. The zero-order valence-electron chi connectivity index (χ0n) is 24.0. The van der Waals surface area contributed by atoms with Crippen molar-refractivity contribution in [1.29, 1.82) is 0 Å². The lowest BCUT2D eigenvalue weighted by Gasteiger charge is -2.27. The molecule has 0 bridgehead atoms. The molecule has 1 aromatic carbocycles. The number of nitrogen functional groups attached to an aromatic ring is 1. The SMILES string of the molecule is CN(CCOC(=O)NCc1ccc(C(C)(C)C)cc1)CC1OC(n2cnc3c(N)ncnc32)C2OC(C)(C)OC12. The molecule has 2 aliphatic heterocycles. The van der Waals surface area contributed by atoms with E-state index < -0.39 is 18.1 Å². The molecule has 2 aliphatic rings. The molecule has 1 amide bonds. The Morgan fingerprint density at radius 2 is 1.88 bits per heavy atom. The quantitative estimate of drug-likeness (QED) is 0.428. The first-order chi connectivity index (χ1) is 18.9. The molecule has 2 saturated heterocycles. The van der Waals surface area contributed by atoms with Gasteiger partial charge in [-0.1, -0.05) is 45.0 Å². The number of nitrogens with zero attached hydrogens (tertiary/aromatic N) is 5. The van der Waals surface area contributed by atoms with Gasteiger partial charge < -0.3 is 34.9 Å². The van der Waals surface area contributed by atoms with Gasteiger partial charge in [0, 0.05) is 19.6 Å². The number of benzene rings is 1. The van der Waals surface area contributed by atoms with Crippen molar-refractivity contribution in [2.24, 2.45) is 0 Å². The third-order valence-electron chi connectivity index (χ3n) is 7.24. The van der Waals surface area contributed by atoms with Gasteiger partial charge in [-0.3, -0.25) is 4.57 Å². The molecule has 2 aromatic heterocycles. The number of likely N-dealkylation sites (N-methyl/N-ethyl adjacent to an activating group) is 1. The van der Waals surface area contributed by atoms with Crippen molar-refractivity contribution < 1.29 is 23.7 Å². The number of nitrogens with two attached hydrogens (primary N) is 1. The van der Waals surface area contributed by atoms with Gasteiger partial charge in [-0.05, 0) is 37.4 Å². The molecule has 4 atom stereocenters. The Kier molecular flexibility index (Phi) is 7.71. The lowest BCUT2D eigenvalue weighted by molar-refractivity contribution is -0.197. The van der Waals surface area contributed by atoms with Gasteiger partial charge in [-0.25, -0.2) is 19.7 Å². The maximum atomic E-state index is 12.3. The summed E-state index contributed by atoms with van der Waals surface area (Å²) in [7, 11) is 1.95. The van der Waals surface area contributed by atoms with Crippen LogP contribution in [0.5, 0.6) is 0 Å². The fourth-order valence-electron chi connectivity index (χ4n) is 5.13. The van der Waals surface area contributed by atoms with E-state index in [1.807, 2.05) is 42.5 Å². The molecule has 12 nitrogen and oxygen atoms in total. The van der Waals surface area contributed by atoms with E-state index in [1.54, 1.807) is 6.33 Å². The highest BCUT2D eigenvalue weighted by Crippen LogP contribution is 2.44. The molecule has 0 radical (unpaired) electrons. The zero-order valence-corrected chi connectivity index (χ0v) is 24.0. The van der Waals surface area contributed by atoms with Crippen molar-refractivity contribution >= 4 is 23.1 Å². The monoisotopic (exact) mass is 553 g/mol. The average Bonchev–Trinajstić information content (AvgIpc) is 3.54. The van der Waals surface area contributed by atoms with Crippen LogP contribution in [0.2, 0.25) is 0 Å². The number of rotatable bonds is 8. The van der Waals surface area contributed by atoms with Crippen LogP contribution >= 0.6 is 0 Å². The summed E-state index contributed by atoms with van der Waals surface area (Å²) in [5, 5.41) is 2.81. The van der Waals surface area contributed by atoms with Crippen LogP contribution in [0.3, 0.4) is 0 Å². The van der Waals surface area contributed by atoms with Gasteiger partial charge in [0.25, 0.3) is 0 Å². The van der Waals surface area contributed by atoms with E-state index in [0.717, 1.165) is 5.56 Å². The number of amides is 1. The summed E-state index contributed by atoms with van der Waals surface area (Å²) in [4.78, 5) is 27.0. The zero-order chi connectivity index (χ0) is 28.7. The van der Waals surface area contributed by atoms with E-state index in [9.17, 15) is 4.79 Å². The molecule has 216 valence electrons. The van der Waals surface area contributed by atoms with Gasteiger partial charge in [0.15, 0.2) is 23.5 Å². The predicted octanol–water partition coefficient (Wildman–Crippen LogP) is 2.98. The van der Waals surface area contributed by atoms with Crippen LogP contribution in [0.4, 0.5) is 10.6 Å². The standard InChI is InChI=1S/C28H39N7O5/c1-27(2,3)18-9-7-17(8-10-18)13-30-26(36)37-12-11-34(6)14-19-21-22(40-28(4,5)39-21)25(38-19)35-16-33-20-23(29)31-15-32-24(20)35/h7-10,15-16,19,21-22,25H,11-14H2,1-6H3,(H,30,36)(H2,29,31,32). The number of carbonyl (C=O) groups is 1. The van der Waals surface area contributed by atoms with E-state index in [1.165, 1.54) is 11.9 Å². The number of imidazole rings is 1. The van der Waals surface area contributed by atoms with E-state index in [0.29, 0.717) is 36.6 Å². The third-order valence-corrected chi connectivity index (χ3v) is 7.24. The lowest BCUT2D eigenvalue weighted by Crippen LogP contribution is -2.40. The fourth-order valence-corrected chi connectivity index (χ4v) is 5.13. The van der Waals surface area contributed by atoms with Crippen LogP contribution in [-0.2, 0) is 30.9 Å². The molecule has 3 aromatic rings. The molecule has 0 spiro atoms. The molecule has 40 heavy (non-hydrogen) atoms. The Bertz CT molecular complexity index is 1340. The van der Waals surface area contributed by atoms with E-state index >= 15 is 0 Å². The molecule has 3 N–H and O–H groups in total. The van der Waals surface area contributed by atoms with Crippen LogP contribution in [0.25, 0.3) is 11.2 Å². The summed E-state index contributed by atoms with van der Waals surface area (Å²) in [6, 6.07) is 8.25. The molecular weight excluding hydrogens is 514 g/mol. The number of alkyl carbamates (subject to hydrolysis) is 1. The maximum Gasteiger partial charge on any atom is 0.407 e. The molecule has 12 heteroatoms. The number of hydrogen-bond acceptors (Lipinski definition) is 10. The van der Waals surface area contributed by atoms with Crippen LogP contribution in [0, 0.1) is 0 Å². The number of carbonyl (C=O) groups excluding carboxylic acids is 1. The summed E-state index contributed by atoms with van der Waals surface area (Å²) < 4.78 is 26.1. The van der Waals surface area contributed by atoms with Crippen molar-refractivity contribution in [2.75, 3.05) is 32.5 Å². The second-order valence-corrected chi connectivity index (χ2v) is 11.9. The smallest absolute Gasteiger partial charge is 0.407 e. The minimum atomic E-state index is -0.757. The maximum absolute atomic E-state index is 12.3. The lowest BCUT2D eigenvalue weighted by atomic mass is 9.87. The van der Waals surface area contributed by atoms with Crippen LogP contribution in [0.15, 0.2) is 36.9 Å². The van der Waals surface area contributed by atoms with E-state index in [-0.39, 0.29) is 30.3 Å². The normalized spacial score (nSPS) is 24.0. The second-order valence-electron chi connectivity index (χ2n) is 11.9. The van der Waals surface area contributed by atoms with Gasteiger partial charge in [0.05, 0.1) is 6.33 Å². The number of ether oxygens (including phenoxy) is 4. The molecule has 5 rings (SSSR count). The van der Waals surface area contributed by atoms with Gasteiger partial charge >= 0.3 is 6.09 Å². The van der Waals surface area contributed by atoms with Gasteiger partial charge in [-0.2, -0.15) is 0 Å². The Morgan fingerprint density at radius 3 is 2.60 bits per heavy atom. The van der Waals surface area contributed by atoms with Gasteiger partial charge in [-0.15, -0.1) is 0 Å². The summed E-state index contributed by atoms with van der Waals surface area (Å²) in [5.74, 6) is -0.451. The molecule has 4 unspecified atom stereocenters. The molecule has 0 saturated carbocycles. The number of fused-ring (bicyclic) bond motifs is 2. The highest BCUT2D eigenvalue weighted by molar-refractivity contribution is 5.81. The Hall–Kier alpha value is -3.32. The minimum absolute atomic E-state index is 0.0900. The van der Waals surface area contributed by atoms with Crippen molar-refractivity contribution in [3.8, 4) is 0 Å². The number of aromatic nitrogens is 4. The number of nitrogens with one attached hydrogen (secondary N) is 1. The summed E-state index contributed by atoms with van der Waals surface area (Å²) in [6.45, 7) is 12.0. The summed E-state index contributed by atoms with van der Waals surface area (Å²) >= 11 is 0. The molecular formula is C28H39N7O5. The van der Waals surface area contributed by atoms with E-state index in [2.05, 4.69) is 53.2 Å². The average molecular weight is 554 g/mol. The highest BCUT2D eigenvalue weighted by Gasteiger charge is 2.56. The predicted molar refractivity (Wildman–Crippen MR) is 148 cm³/mol. The topological polar surface area (TPSA) is 139 Å². The van der Waals surface area contributed by atoms with Crippen molar-refractivity contribution in [3.63, 3.8) is 0 Å². The summed E-state index contributed by atoms with van der Waals surface area (Å²) in [5.41, 5.74) is 9.42. The Morgan fingerprint density at radius 1 is 1.15 bits per heavy atom. The van der Waals surface area contributed by atoms with Gasteiger partial charge in [0.1, 0.15) is 36.8 Å². The van der Waals surface area contributed by atoms with Crippen LogP contribution in [-0.4, -0.2) is 81.4 Å². The largest absolute Gasteiger partial charge is 0.448 e. The Balaban J connectivity index is 1.13. The van der Waals surface area contributed by atoms with Crippen molar-refractivity contribution in [3.05, 3.63) is 48.0 Å². The van der Waals surface area contributed by atoms with Crippen molar-refractivity contribution in [1.82, 2.24) is 29.7 Å². The molecule has 4 heterocycles. The molecule has 0 aliphatic carbocycles. The van der Waals surface area contributed by atoms with E-state index in [4.69, 9.17) is 24.7 Å². The second kappa shape index (κ2) is 10.9. The van der Waals surface area contributed by atoms with Crippen LogP contribution < -0.4 is 11.1 Å². The summed E-state index contributed by atoms with van der Waals surface area (Å²) in [6.07, 6.45) is 1.15. The first-order valence-corrected chi connectivity index (χ1v) is 13.5. The Labute approximate surface area is 234 Å². The van der Waals surface area contributed by atoms with Gasteiger partial charge in [0.2, 0.25) is 0 Å². The first-order valence-electron chi connectivity index (χ1n) is 13.5. The van der Waals surface area contributed by atoms with Crippen molar-refractivity contribution in [2.45, 2.75) is 76.9 Å².